The first-order valence-electron chi connectivity index (χ1n) is 15.3. The van der Waals surface area contributed by atoms with Gasteiger partial charge in [0, 0.05) is 0 Å². The summed E-state index contributed by atoms with van der Waals surface area (Å²) in [5.41, 5.74) is 23.0. The fourth-order valence-corrected chi connectivity index (χ4v) is 7.57. The van der Waals surface area contributed by atoms with Gasteiger partial charge < -0.3 is 34.8 Å². The van der Waals surface area contributed by atoms with Gasteiger partial charge in [0.05, 0.1) is 21.7 Å². The van der Waals surface area contributed by atoms with E-state index in [0.29, 0.717) is 38.8 Å². The van der Waals surface area contributed by atoms with Crippen LogP contribution >= 0.6 is 15.2 Å². The van der Waals surface area contributed by atoms with Crippen molar-refractivity contribution in [1.82, 2.24) is 0 Å². The molecule has 0 aliphatic heterocycles. The van der Waals surface area contributed by atoms with Crippen LogP contribution in [-0.4, -0.2) is 37.5 Å². The molecule has 0 amide bonds. The van der Waals surface area contributed by atoms with Crippen LogP contribution in [0, 0.1) is 0 Å². The van der Waals surface area contributed by atoms with Crippen molar-refractivity contribution in [2.45, 2.75) is 63.8 Å². The van der Waals surface area contributed by atoms with Gasteiger partial charge in [-0.1, -0.05) is 55.3 Å². The molecular weight excluding hydrogens is 676 g/mol. The Hall–Kier alpha value is -1.18. The van der Waals surface area contributed by atoms with Gasteiger partial charge in [-0.25, -0.2) is 18.7 Å². The van der Waals surface area contributed by atoms with E-state index >= 15 is 0 Å². The van der Waals surface area contributed by atoms with E-state index in [2.05, 4.69) is 0 Å². The van der Waals surface area contributed by atoms with Crippen LogP contribution in [0.5, 0.6) is 0 Å². The molecule has 254 valence electrons. The Labute approximate surface area is 330 Å². The second-order valence-corrected chi connectivity index (χ2v) is 14.4. The second-order valence-electron chi connectivity index (χ2n) is 10.6. The molecule has 12 nitrogen and oxygen atoms in total. The van der Waals surface area contributed by atoms with Crippen molar-refractivity contribution in [2.24, 2.45) is 22.9 Å². The molecule has 0 aliphatic carbocycles. The van der Waals surface area contributed by atoms with E-state index in [-0.39, 0.29) is 83.7 Å². The number of nitrogens with two attached hydrogens (primary N) is 4. The Morgan fingerprint density at radius 2 is 0.958 bits per heavy atom. The van der Waals surface area contributed by atoms with E-state index in [9.17, 15) is 18.7 Å². The van der Waals surface area contributed by atoms with Crippen molar-refractivity contribution < 1.29 is 98.8 Å². The minimum Gasteiger partial charge on any atom is -1.00 e. The van der Waals surface area contributed by atoms with Crippen molar-refractivity contribution in [2.75, 3.05) is 13.1 Å². The van der Waals surface area contributed by atoms with Crippen LogP contribution in [-0.2, 0) is 27.2 Å². The molecule has 0 saturated heterocycles. The molecule has 0 aliphatic rings. The normalized spacial score (nSPS) is 14.6. The summed E-state index contributed by atoms with van der Waals surface area (Å²) in [5.74, 6) is -2.06. The van der Waals surface area contributed by atoms with Crippen LogP contribution in [0.4, 0.5) is 0 Å². The number of unbranched alkanes of at least 4 members (excludes halogenated alkanes) is 4. The van der Waals surface area contributed by atoms with E-state index in [1.165, 1.54) is 48.5 Å². The average Bonchev–Trinajstić information content (AvgIpc) is 3.06. The van der Waals surface area contributed by atoms with E-state index < -0.39 is 39.6 Å². The molecule has 0 spiro atoms. The molecule has 0 radical (unpaired) electrons. The van der Waals surface area contributed by atoms with E-state index in [1.807, 2.05) is 0 Å². The number of benzene rings is 3. The van der Waals surface area contributed by atoms with Crippen LogP contribution in [0.1, 0.15) is 74.9 Å². The van der Waals surface area contributed by atoms with Gasteiger partial charge in [0.2, 0.25) is 0 Å². The molecule has 3 rings (SSSR count). The Morgan fingerprint density at radius 3 is 1.31 bits per heavy atom. The van der Waals surface area contributed by atoms with Gasteiger partial charge in [0.15, 0.2) is 0 Å². The summed E-state index contributed by atoms with van der Waals surface area (Å²) in [7, 11) is -8.50. The minimum atomic E-state index is -4.25. The van der Waals surface area contributed by atoms with Gasteiger partial charge in [-0.05, 0) is 94.1 Å². The summed E-state index contributed by atoms with van der Waals surface area (Å²) in [6, 6.07) is 21.3. The SMILES string of the molecule is NCCCCCC(N)OP(=O)(OC(=O)c1cccc(C(=O)OP(=O)(OC(N)CCCCCN)c2ccccc2)c1)c1ccccc1.[H-].[H-].[Na+].[Na+]. The first-order valence-corrected chi connectivity index (χ1v) is 18.4. The molecule has 0 saturated carbocycles. The monoisotopic (exact) mass is 722 g/mol. The molecule has 3 aromatic rings. The number of hydrogen-bond donors (Lipinski definition) is 4. The van der Waals surface area contributed by atoms with Crippen molar-refractivity contribution in [1.29, 1.82) is 0 Å². The second kappa shape index (κ2) is 23.3. The molecule has 4 atom stereocenters. The molecule has 0 aromatic heterocycles. The van der Waals surface area contributed by atoms with Gasteiger partial charge in [-0.3, -0.25) is 9.05 Å². The van der Waals surface area contributed by atoms with E-state index in [0.717, 1.165) is 25.7 Å². The average molecular weight is 723 g/mol. The van der Waals surface area contributed by atoms with Gasteiger partial charge in [0.1, 0.15) is 12.5 Å². The van der Waals surface area contributed by atoms with Crippen molar-refractivity contribution in [3.8, 4) is 0 Å². The molecule has 0 fully saturated rings. The Bertz CT molecular complexity index is 1400. The quantitative estimate of drug-likeness (QED) is 0.0475. The molecule has 4 unspecified atom stereocenters. The fraction of sp³-hybridized carbons (Fsp3) is 0.375. The van der Waals surface area contributed by atoms with Gasteiger partial charge >= 0.3 is 86.2 Å². The topological polar surface area (TPSA) is 209 Å². The third-order valence-corrected chi connectivity index (χ3v) is 10.6. The van der Waals surface area contributed by atoms with Crippen molar-refractivity contribution in [3.05, 3.63) is 96.1 Å². The Balaban J connectivity index is 0. The summed E-state index contributed by atoms with van der Waals surface area (Å²) < 4.78 is 50.1. The van der Waals surface area contributed by atoms with Gasteiger partial charge in [-0.2, -0.15) is 0 Å². The van der Waals surface area contributed by atoms with Crippen LogP contribution in [0.25, 0.3) is 0 Å². The molecule has 8 N–H and O–H groups in total. The molecular formula is C32H46N4Na2O8P2. The van der Waals surface area contributed by atoms with E-state index in [4.69, 9.17) is 41.0 Å². The summed E-state index contributed by atoms with van der Waals surface area (Å²) >= 11 is 0. The third-order valence-electron chi connectivity index (χ3n) is 6.82. The number of rotatable bonds is 20. The Kier molecular flexibility index (Phi) is 21.8. The van der Waals surface area contributed by atoms with Gasteiger partial charge in [0.25, 0.3) is 0 Å². The zero-order valence-corrected chi connectivity index (χ0v) is 33.6. The minimum absolute atomic E-state index is 0. The molecule has 0 heterocycles. The van der Waals surface area contributed by atoms with E-state index in [1.54, 1.807) is 36.4 Å². The standard InChI is InChI=1S/C32H44N4O8P2.2Na.2H/c33-22-11-3-9-20-29(35)41-45(39,27-16-5-1-6-17-27)43-31(37)25-14-13-15-26(24-25)32(38)44-46(40,28-18-7-2-8-19-28)42-30(36)21-10-4-12-23-34;;;;/h1-2,5-8,13-19,24,29-30H,3-4,9-12,20-23,33-36H2;;;;/q;2*+1;2*-1. The van der Waals surface area contributed by atoms with Crippen LogP contribution < -0.4 is 92.7 Å². The predicted octanol–water partition coefficient (Wildman–Crippen LogP) is -1.09. The van der Waals surface area contributed by atoms with Crippen LogP contribution in [0.3, 0.4) is 0 Å². The number of carbonyl (C=O) groups excluding carboxylic acids is 2. The number of carbonyl (C=O) groups is 2. The van der Waals surface area contributed by atoms with Crippen LogP contribution in [0.15, 0.2) is 84.9 Å². The maximum Gasteiger partial charge on any atom is 1.00 e. The largest absolute Gasteiger partial charge is 1.00 e. The third kappa shape index (κ3) is 14.6. The van der Waals surface area contributed by atoms with Gasteiger partial charge in [-0.15, -0.1) is 0 Å². The first kappa shape index (κ1) is 44.8. The summed E-state index contributed by atoms with van der Waals surface area (Å²) in [5, 5.41) is 0.272. The maximum absolute atomic E-state index is 13.9. The molecule has 0 bridgehead atoms. The zero-order valence-electron chi connectivity index (χ0n) is 29.8. The Morgan fingerprint density at radius 1 is 0.583 bits per heavy atom. The molecule has 48 heavy (non-hydrogen) atoms. The fourth-order valence-electron chi connectivity index (χ4n) is 4.38. The molecule has 16 heteroatoms. The zero-order chi connectivity index (χ0) is 33.4. The van der Waals surface area contributed by atoms with Crippen molar-refractivity contribution >= 4 is 37.7 Å². The smallest absolute Gasteiger partial charge is 1.00 e. The van der Waals surface area contributed by atoms with Crippen LogP contribution in [0.2, 0.25) is 0 Å². The first-order chi connectivity index (χ1) is 22.1. The van der Waals surface area contributed by atoms with Crippen molar-refractivity contribution in [3.63, 3.8) is 0 Å². The maximum atomic E-state index is 13.9. The summed E-state index contributed by atoms with van der Waals surface area (Å²) in [6.07, 6.45) is 3.41. The number of hydrogen-bond acceptors (Lipinski definition) is 12. The molecule has 3 aromatic carbocycles. The summed E-state index contributed by atoms with van der Waals surface area (Å²) in [6.45, 7) is 1.09. The predicted molar refractivity (Wildman–Crippen MR) is 180 cm³/mol. The summed E-state index contributed by atoms with van der Waals surface area (Å²) in [4.78, 5) is 26.6.